The van der Waals surface area contributed by atoms with Crippen LogP contribution in [-0.2, 0) is 20.0 Å². The molecule has 3 N–H and O–H groups in total. The summed E-state index contributed by atoms with van der Waals surface area (Å²) in [4.78, 5) is -1.05. The van der Waals surface area contributed by atoms with Gasteiger partial charge in [0.25, 0.3) is 0 Å². The van der Waals surface area contributed by atoms with E-state index in [9.17, 15) is 21.2 Å². The number of halogens is 1. The normalized spacial score (nSPS) is 23.3. The van der Waals surface area contributed by atoms with E-state index in [1.54, 1.807) is 0 Å². The number of hydrogen-bond acceptors (Lipinski definition) is 4. The van der Waals surface area contributed by atoms with Gasteiger partial charge in [-0.3, -0.25) is 0 Å². The van der Waals surface area contributed by atoms with E-state index in [0.717, 1.165) is 12.1 Å². The van der Waals surface area contributed by atoms with Crippen LogP contribution in [0.1, 0.15) is 13.3 Å². The van der Waals surface area contributed by atoms with Crippen LogP contribution in [0.5, 0.6) is 0 Å². The summed E-state index contributed by atoms with van der Waals surface area (Å²) in [6.07, 6.45) is 0.704. The molecule has 1 saturated carbocycles. The van der Waals surface area contributed by atoms with Crippen molar-refractivity contribution in [3.8, 4) is 0 Å². The largest absolute Gasteiger partial charge is 0.243 e. The first-order valence-electron chi connectivity index (χ1n) is 5.46. The van der Waals surface area contributed by atoms with Crippen molar-refractivity contribution in [2.45, 2.75) is 29.2 Å². The summed E-state index contributed by atoms with van der Waals surface area (Å²) in [6.45, 7) is 1.87. The smallest absolute Gasteiger partial charge is 0.225 e. The molecule has 9 heteroatoms. The van der Waals surface area contributed by atoms with Crippen LogP contribution in [0.4, 0.5) is 4.39 Å². The highest BCUT2D eigenvalue weighted by Gasteiger charge is 2.37. The lowest BCUT2D eigenvalue weighted by Gasteiger charge is -2.08. The van der Waals surface area contributed by atoms with Crippen molar-refractivity contribution in [1.29, 1.82) is 0 Å². The Labute approximate surface area is 110 Å². The minimum Gasteiger partial charge on any atom is -0.225 e. The number of benzene rings is 1. The molecule has 1 aromatic rings. The molecule has 0 heterocycles. The van der Waals surface area contributed by atoms with E-state index in [1.807, 2.05) is 6.92 Å². The molecule has 0 saturated heterocycles. The zero-order chi connectivity index (χ0) is 14.4. The second-order valence-electron chi connectivity index (χ2n) is 4.58. The van der Waals surface area contributed by atoms with Crippen LogP contribution in [0.25, 0.3) is 0 Å². The van der Waals surface area contributed by atoms with Crippen molar-refractivity contribution in [1.82, 2.24) is 4.72 Å². The van der Waals surface area contributed by atoms with Gasteiger partial charge in [-0.1, -0.05) is 6.92 Å². The fraction of sp³-hybridized carbons (Fsp3) is 0.400. The fourth-order valence-corrected chi connectivity index (χ4v) is 3.57. The topological polar surface area (TPSA) is 106 Å². The van der Waals surface area contributed by atoms with Crippen LogP contribution in [0.3, 0.4) is 0 Å². The maximum atomic E-state index is 13.7. The molecule has 0 amide bonds. The van der Waals surface area contributed by atoms with Crippen molar-refractivity contribution in [2.24, 2.45) is 11.1 Å². The molecule has 2 rings (SSSR count). The van der Waals surface area contributed by atoms with Crippen LogP contribution in [0.2, 0.25) is 0 Å². The maximum absolute atomic E-state index is 13.7. The quantitative estimate of drug-likeness (QED) is 0.826. The van der Waals surface area contributed by atoms with Gasteiger partial charge in [0.1, 0.15) is 10.7 Å². The van der Waals surface area contributed by atoms with Crippen LogP contribution >= 0.6 is 0 Å². The molecule has 0 spiro atoms. The van der Waals surface area contributed by atoms with Crippen LogP contribution in [0, 0.1) is 11.7 Å². The zero-order valence-electron chi connectivity index (χ0n) is 10.00. The number of nitrogens with one attached hydrogen (secondary N) is 1. The molecule has 0 aromatic heterocycles. The molecule has 1 aliphatic carbocycles. The van der Waals surface area contributed by atoms with Gasteiger partial charge < -0.3 is 0 Å². The van der Waals surface area contributed by atoms with E-state index < -0.39 is 35.7 Å². The summed E-state index contributed by atoms with van der Waals surface area (Å²) < 4.78 is 61.9. The van der Waals surface area contributed by atoms with Gasteiger partial charge in [0.05, 0.1) is 4.90 Å². The van der Waals surface area contributed by atoms with E-state index in [-0.39, 0.29) is 12.0 Å². The van der Waals surface area contributed by atoms with Gasteiger partial charge in [-0.15, -0.1) is 0 Å². The summed E-state index contributed by atoms with van der Waals surface area (Å²) in [7, 11) is -8.05. The van der Waals surface area contributed by atoms with Crippen molar-refractivity contribution in [3.05, 3.63) is 24.0 Å². The molecule has 106 valence electrons. The van der Waals surface area contributed by atoms with Gasteiger partial charge in [-0.2, -0.15) is 0 Å². The van der Waals surface area contributed by atoms with Crippen molar-refractivity contribution >= 4 is 20.0 Å². The summed E-state index contributed by atoms with van der Waals surface area (Å²) in [5.74, 6) is -0.922. The third-order valence-electron chi connectivity index (χ3n) is 2.94. The number of rotatable bonds is 4. The maximum Gasteiger partial charge on any atom is 0.243 e. The van der Waals surface area contributed by atoms with Crippen molar-refractivity contribution in [2.75, 3.05) is 0 Å². The monoisotopic (exact) mass is 308 g/mol. The molecule has 2 atom stereocenters. The minimum atomic E-state index is -4.06. The van der Waals surface area contributed by atoms with E-state index >= 15 is 0 Å². The zero-order valence-corrected chi connectivity index (χ0v) is 11.6. The SMILES string of the molecule is CC1CC1NS(=O)(=O)c1ccc(S(N)(=O)=O)cc1F. The number of sulfonamides is 2. The predicted octanol–water partition coefficient (Wildman–Crippen LogP) is 0.160. The van der Waals surface area contributed by atoms with Crippen molar-refractivity contribution < 1.29 is 21.2 Å². The lowest BCUT2D eigenvalue weighted by atomic mass is 10.3. The molecular weight excluding hydrogens is 295 g/mol. The highest BCUT2D eigenvalue weighted by molar-refractivity contribution is 7.89. The third-order valence-corrected chi connectivity index (χ3v) is 5.37. The number of nitrogens with two attached hydrogens (primary N) is 1. The molecule has 1 fully saturated rings. The second-order valence-corrected chi connectivity index (χ2v) is 7.82. The first kappa shape index (κ1) is 14.4. The molecule has 0 radical (unpaired) electrons. The highest BCUT2D eigenvalue weighted by atomic mass is 32.2. The molecule has 6 nitrogen and oxygen atoms in total. The molecule has 1 aromatic carbocycles. The predicted molar refractivity (Wildman–Crippen MR) is 65.7 cm³/mol. The van der Waals surface area contributed by atoms with Crippen molar-refractivity contribution in [3.63, 3.8) is 0 Å². The average molecular weight is 308 g/mol. The Bertz CT molecular complexity index is 715. The van der Waals surface area contributed by atoms with Gasteiger partial charge in [-0.25, -0.2) is 31.1 Å². The Balaban J connectivity index is 2.36. The van der Waals surface area contributed by atoms with Crippen LogP contribution in [0.15, 0.2) is 28.0 Å². The fourth-order valence-electron chi connectivity index (χ4n) is 1.63. The Morgan fingerprint density at radius 2 is 1.89 bits per heavy atom. The first-order valence-corrected chi connectivity index (χ1v) is 8.49. The van der Waals surface area contributed by atoms with E-state index in [1.165, 1.54) is 0 Å². The standard InChI is InChI=1S/C10H13FN2O4S2/c1-6-4-9(6)13-19(16,17)10-3-2-7(5-8(10)11)18(12,14)15/h2-3,5-6,9,13H,4H2,1H3,(H2,12,14,15). The average Bonchev–Trinajstić information content (AvgIpc) is 2.91. The Kier molecular flexibility index (Phi) is 3.42. The Hall–Kier alpha value is -1.03. The summed E-state index contributed by atoms with van der Waals surface area (Å²) in [5, 5.41) is 4.83. The summed E-state index contributed by atoms with van der Waals surface area (Å²) >= 11 is 0. The van der Waals surface area contributed by atoms with Gasteiger partial charge in [0.2, 0.25) is 20.0 Å². The van der Waals surface area contributed by atoms with Gasteiger partial charge in [-0.05, 0) is 30.5 Å². The third kappa shape index (κ3) is 3.11. The number of primary sulfonamides is 1. The molecule has 2 unspecified atom stereocenters. The first-order chi connectivity index (χ1) is 8.61. The van der Waals surface area contributed by atoms with E-state index in [0.29, 0.717) is 12.5 Å². The Morgan fingerprint density at radius 1 is 1.32 bits per heavy atom. The number of hydrogen-bond donors (Lipinski definition) is 2. The van der Waals surface area contributed by atoms with Gasteiger partial charge in [0, 0.05) is 6.04 Å². The highest BCUT2D eigenvalue weighted by Crippen LogP contribution is 2.31. The van der Waals surface area contributed by atoms with Gasteiger partial charge >= 0.3 is 0 Å². The van der Waals surface area contributed by atoms with Crippen LogP contribution < -0.4 is 9.86 Å². The van der Waals surface area contributed by atoms with E-state index in [4.69, 9.17) is 5.14 Å². The summed E-state index contributed by atoms with van der Waals surface area (Å²) in [6, 6.07) is 2.26. The lowest BCUT2D eigenvalue weighted by Crippen LogP contribution is -2.27. The molecule has 19 heavy (non-hydrogen) atoms. The van der Waals surface area contributed by atoms with Gasteiger partial charge in [0.15, 0.2) is 0 Å². The Morgan fingerprint density at radius 3 is 2.32 bits per heavy atom. The molecule has 0 bridgehead atoms. The summed E-state index contributed by atoms with van der Waals surface area (Å²) in [5.41, 5.74) is 0. The molecule has 0 aliphatic heterocycles. The molecule has 1 aliphatic rings. The van der Waals surface area contributed by atoms with E-state index in [2.05, 4.69) is 4.72 Å². The molecular formula is C10H13FN2O4S2. The lowest BCUT2D eigenvalue weighted by molar-refractivity contribution is 0.551. The second kappa shape index (κ2) is 4.51. The minimum absolute atomic E-state index is 0.192. The van der Waals surface area contributed by atoms with Crippen LogP contribution in [-0.4, -0.2) is 22.9 Å².